The molecular formula is C12H15N3O. The lowest BCUT2D eigenvalue weighted by atomic mass is 10.1. The van der Waals surface area contributed by atoms with Crippen molar-refractivity contribution in [3.05, 3.63) is 36.2 Å². The summed E-state index contributed by atoms with van der Waals surface area (Å²) in [5.74, 6) is 0.331. The highest BCUT2D eigenvalue weighted by Crippen LogP contribution is 2.21. The summed E-state index contributed by atoms with van der Waals surface area (Å²) in [5, 5.41) is 13.5. The van der Waals surface area contributed by atoms with Crippen molar-refractivity contribution in [2.45, 2.75) is 26.5 Å². The number of aliphatic hydroxyl groups excluding tert-OH is 1. The molecule has 0 aliphatic rings. The SMILES string of the molecule is CC(C)c1cc(-c2ccccn2)nn1CO. The van der Waals surface area contributed by atoms with Crippen LogP contribution in [0, 0.1) is 0 Å². The maximum Gasteiger partial charge on any atom is 0.136 e. The van der Waals surface area contributed by atoms with Crippen LogP contribution in [-0.4, -0.2) is 19.9 Å². The highest BCUT2D eigenvalue weighted by molar-refractivity contribution is 5.54. The molecule has 0 fully saturated rings. The van der Waals surface area contributed by atoms with Gasteiger partial charge in [-0.3, -0.25) is 4.98 Å². The Bertz CT molecular complexity index is 462. The maximum absolute atomic E-state index is 9.21. The molecule has 0 aliphatic carbocycles. The minimum Gasteiger partial charge on any atom is -0.374 e. The minimum absolute atomic E-state index is 0.0969. The van der Waals surface area contributed by atoms with Crippen molar-refractivity contribution >= 4 is 0 Å². The van der Waals surface area contributed by atoms with Gasteiger partial charge in [0.15, 0.2) is 0 Å². The average molecular weight is 217 g/mol. The van der Waals surface area contributed by atoms with E-state index in [4.69, 9.17) is 0 Å². The fraction of sp³-hybridized carbons (Fsp3) is 0.333. The van der Waals surface area contributed by atoms with Crippen LogP contribution in [0.2, 0.25) is 0 Å². The van der Waals surface area contributed by atoms with Crippen LogP contribution in [0.1, 0.15) is 25.5 Å². The third-order valence-corrected chi connectivity index (χ3v) is 2.46. The van der Waals surface area contributed by atoms with Gasteiger partial charge in [-0.05, 0) is 24.1 Å². The molecule has 0 saturated carbocycles. The molecule has 2 aromatic heterocycles. The van der Waals surface area contributed by atoms with Gasteiger partial charge in [0.25, 0.3) is 0 Å². The second-order valence-corrected chi connectivity index (χ2v) is 3.97. The lowest BCUT2D eigenvalue weighted by Crippen LogP contribution is -2.05. The molecule has 0 aromatic carbocycles. The second-order valence-electron chi connectivity index (χ2n) is 3.97. The van der Waals surface area contributed by atoms with E-state index in [9.17, 15) is 5.11 Å². The molecule has 0 radical (unpaired) electrons. The molecule has 0 amide bonds. The molecule has 4 nitrogen and oxygen atoms in total. The second kappa shape index (κ2) is 4.45. The maximum atomic E-state index is 9.21. The van der Waals surface area contributed by atoms with Crippen LogP contribution in [0.15, 0.2) is 30.5 Å². The van der Waals surface area contributed by atoms with Gasteiger partial charge in [-0.15, -0.1) is 0 Å². The smallest absolute Gasteiger partial charge is 0.136 e. The summed E-state index contributed by atoms with van der Waals surface area (Å²) in [5.41, 5.74) is 2.65. The van der Waals surface area contributed by atoms with Crippen LogP contribution in [0.25, 0.3) is 11.4 Å². The molecule has 16 heavy (non-hydrogen) atoms. The Kier molecular flexibility index (Phi) is 3.01. The van der Waals surface area contributed by atoms with E-state index >= 15 is 0 Å². The molecule has 0 saturated heterocycles. The molecule has 0 unspecified atom stereocenters. The first-order valence-corrected chi connectivity index (χ1v) is 5.32. The van der Waals surface area contributed by atoms with Crippen molar-refractivity contribution in [2.75, 3.05) is 0 Å². The summed E-state index contributed by atoms with van der Waals surface area (Å²) in [7, 11) is 0. The van der Waals surface area contributed by atoms with Crippen molar-refractivity contribution in [1.82, 2.24) is 14.8 Å². The van der Waals surface area contributed by atoms with Gasteiger partial charge in [0.05, 0.1) is 5.69 Å². The fourth-order valence-electron chi connectivity index (χ4n) is 1.65. The number of hydrogen-bond donors (Lipinski definition) is 1. The lowest BCUT2D eigenvalue weighted by Gasteiger charge is -2.05. The van der Waals surface area contributed by atoms with E-state index < -0.39 is 0 Å². The summed E-state index contributed by atoms with van der Waals surface area (Å²) in [6.07, 6.45) is 1.74. The van der Waals surface area contributed by atoms with Gasteiger partial charge in [0.2, 0.25) is 0 Å². The highest BCUT2D eigenvalue weighted by Gasteiger charge is 2.11. The van der Waals surface area contributed by atoms with Crippen LogP contribution >= 0.6 is 0 Å². The number of pyridine rings is 1. The normalized spacial score (nSPS) is 11.0. The monoisotopic (exact) mass is 217 g/mol. The molecular weight excluding hydrogens is 202 g/mol. The molecule has 2 heterocycles. The van der Waals surface area contributed by atoms with Crippen LogP contribution in [-0.2, 0) is 6.73 Å². The van der Waals surface area contributed by atoms with Crippen molar-refractivity contribution in [3.63, 3.8) is 0 Å². The predicted molar refractivity (Wildman–Crippen MR) is 61.8 cm³/mol. The third kappa shape index (κ3) is 1.97. The Hall–Kier alpha value is -1.68. The van der Waals surface area contributed by atoms with Gasteiger partial charge in [0.1, 0.15) is 12.4 Å². The lowest BCUT2D eigenvalue weighted by molar-refractivity contribution is 0.190. The van der Waals surface area contributed by atoms with Crippen LogP contribution in [0.4, 0.5) is 0 Å². The van der Waals surface area contributed by atoms with E-state index in [0.29, 0.717) is 5.92 Å². The number of aromatic nitrogens is 3. The molecule has 84 valence electrons. The van der Waals surface area contributed by atoms with E-state index in [1.807, 2.05) is 24.3 Å². The van der Waals surface area contributed by atoms with Gasteiger partial charge < -0.3 is 5.11 Å². The number of aliphatic hydroxyl groups is 1. The Morgan fingerprint density at radius 3 is 2.62 bits per heavy atom. The minimum atomic E-state index is -0.0969. The fourth-order valence-corrected chi connectivity index (χ4v) is 1.65. The zero-order chi connectivity index (χ0) is 11.5. The van der Waals surface area contributed by atoms with E-state index in [2.05, 4.69) is 23.9 Å². The van der Waals surface area contributed by atoms with Gasteiger partial charge in [-0.25, -0.2) is 4.68 Å². The van der Waals surface area contributed by atoms with Gasteiger partial charge in [-0.1, -0.05) is 19.9 Å². The third-order valence-electron chi connectivity index (χ3n) is 2.46. The number of nitrogens with zero attached hydrogens (tertiary/aromatic N) is 3. The molecule has 0 atom stereocenters. The molecule has 1 N–H and O–H groups in total. The average Bonchev–Trinajstić information content (AvgIpc) is 2.74. The van der Waals surface area contributed by atoms with Crippen LogP contribution in [0.5, 0.6) is 0 Å². The first-order valence-electron chi connectivity index (χ1n) is 5.32. The predicted octanol–water partition coefficient (Wildman–Crippen LogP) is 2.02. The van der Waals surface area contributed by atoms with Gasteiger partial charge >= 0.3 is 0 Å². The Morgan fingerprint density at radius 2 is 2.12 bits per heavy atom. The molecule has 2 aromatic rings. The van der Waals surface area contributed by atoms with Gasteiger partial charge in [0, 0.05) is 11.9 Å². The zero-order valence-corrected chi connectivity index (χ0v) is 9.46. The largest absolute Gasteiger partial charge is 0.374 e. The summed E-state index contributed by atoms with van der Waals surface area (Å²) in [4.78, 5) is 4.24. The van der Waals surface area contributed by atoms with E-state index in [1.165, 1.54) is 0 Å². The summed E-state index contributed by atoms with van der Waals surface area (Å²) >= 11 is 0. The Morgan fingerprint density at radius 1 is 1.31 bits per heavy atom. The van der Waals surface area contributed by atoms with Crippen LogP contribution in [0.3, 0.4) is 0 Å². The van der Waals surface area contributed by atoms with Crippen molar-refractivity contribution in [3.8, 4) is 11.4 Å². The van der Waals surface area contributed by atoms with E-state index in [1.54, 1.807) is 10.9 Å². The number of rotatable bonds is 3. The van der Waals surface area contributed by atoms with E-state index in [-0.39, 0.29) is 6.73 Å². The Labute approximate surface area is 94.6 Å². The topological polar surface area (TPSA) is 50.9 Å². The summed E-state index contributed by atoms with van der Waals surface area (Å²) in [6, 6.07) is 7.68. The van der Waals surface area contributed by atoms with Crippen molar-refractivity contribution < 1.29 is 5.11 Å². The molecule has 2 rings (SSSR count). The highest BCUT2D eigenvalue weighted by atomic mass is 16.3. The zero-order valence-electron chi connectivity index (χ0n) is 9.46. The molecule has 4 heteroatoms. The molecule has 0 aliphatic heterocycles. The van der Waals surface area contributed by atoms with Crippen LogP contribution < -0.4 is 0 Å². The Balaban J connectivity index is 2.44. The number of hydrogen-bond acceptors (Lipinski definition) is 3. The van der Waals surface area contributed by atoms with Gasteiger partial charge in [-0.2, -0.15) is 5.10 Å². The molecule has 0 spiro atoms. The first-order chi connectivity index (χ1) is 7.72. The van der Waals surface area contributed by atoms with Crippen molar-refractivity contribution in [2.24, 2.45) is 0 Å². The summed E-state index contributed by atoms with van der Waals surface area (Å²) in [6.45, 7) is 4.05. The standard InChI is InChI=1S/C12H15N3O/c1-9(2)12-7-11(14-15(12)8-16)10-5-3-4-6-13-10/h3-7,9,16H,8H2,1-2H3. The van der Waals surface area contributed by atoms with Crippen molar-refractivity contribution in [1.29, 1.82) is 0 Å². The summed E-state index contributed by atoms with van der Waals surface area (Å²) < 4.78 is 1.61. The first kappa shape index (κ1) is 10.8. The quantitative estimate of drug-likeness (QED) is 0.855. The van der Waals surface area contributed by atoms with E-state index in [0.717, 1.165) is 17.1 Å². The molecule has 0 bridgehead atoms.